The molecule has 0 saturated carbocycles. The summed E-state index contributed by atoms with van der Waals surface area (Å²) in [5, 5.41) is 5.85. The fraction of sp³-hybridized carbons (Fsp3) is 0.250. The molecule has 114 valence electrons. The Bertz CT molecular complexity index is 843. The van der Waals surface area contributed by atoms with E-state index in [0.29, 0.717) is 12.1 Å². The Balaban J connectivity index is 1.84. The molecular formula is C16H16ClN3OS. The summed E-state index contributed by atoms with van der Waals surface area (Å²) in [6.45, 7) is 4.13. The zero-order valence-corrected chi connectivity index (χ0v) is 13.8. The van der Waals surface area contributed by atoms with Gasteiger partial charge in [-0.25, -0.2) is 4.68 Å². The number of aromatic nitrogens is 2. The van der Waals surface area contributed by atoms with Crippen LogP contribution in [0.5, 0.6) is 0 Å². The van der Waals surface area contributed by atoms with E-state index in [-0.39, 0.29) is 5.56 Å². The Morgan fingerprint density at radius 2 is 2.09 bits per heavy atom. The van der Waals surface area contributed by atoms with Crippen molar-refractivity contribution in [3.8, 4) is 0 Å². The Morgan fingerprint density at radius 1 is 1.27 bits per heavy atom. The quantitative estimate of drug-likeness (QED) is 0.716. The summed E-state index contributed by atoms with van der Waals surface area (Å²) in [7, 11) is 0. The topological polar surface area (TPSA) is 38.1 Å². The Morgan fingerprint density at radius 3 is 2.82 bits per heavy atom. The molecule has 4 nitrogen and oxygen atoms in total. The third kappa shape index (κ3) is 3.21. The molecule has 0 amide bonds. The van der Waals surface area contributed by atoms with Gasteiger partial charge in [0, 0.05) is 16.8 Å². The van der Waals surface area contributed by atoms with Crippen LogP contribution < -0.4 is 5.56 Å². The highest BCUT2D eigenvalue weighted by Gasteiger charge is 2.10. The van der Waals surface area contributed by atoms with Crippen LogP contribution in [-0.2, 0) is 13.2 Å². The summed E-state index contributed by atoms with van der Waals surface area (Å²) in [5.41, 5.74) is -0.0549. The minimum atomic E-state index is -0.0549. The minimum Gasteiger partial charge on any atom is -0.279 e. The molecule has 6 heteroatoms. The van der Waals surface area contributed by atoms with E-state index >= 15 is 0 Å². The number of halogens is 1. The number of thiophene rings is 1. The molecule has 0 aliphatic carbocycles. The fourth-order valence-electron chi connectivity index (χ4n) is 2.34. The highest BCUT2D eigenvalue weighted by molar-refractivity contribution is 7.16. The summed E-state index contributed by atoms with van der Waals surface area (Å²) in [5.74, 6) is 0. The Hall–Kier alpha value is -1.69. The number of benzene rings is 1. The Kier molecular flexibility index (Phi) is 4.57. The summed E-state index contributed by atoms with van der Waals surface area (Å²) < 4.78 is 2.30. The molecule has 0 atom stereocenters. The van der Waals surface area contributed by atoms with E-state index in [4.69, 9.17) is 11.6 Å². The predicted octanol–water partition coefficient (Wildman–Crippen LogP) is 3.59. The fourth-order valence-corrected chi connectivity index (χ4v) is 3.47. The highest BCUT2D eigenvalue weighted by atomic mass is 35.5. The van der Waals surface area contributed by atoms with Gasteiger partial charge in [0.1, 0.15) is 0 Å². The Labute approximate surface area is 137 Å². The van der Waals surface area contributed by atoms with Gasteiger partial charge >= 0.3 is 0 Å². The maximum Gasteiger partial charge on any atom is 0.275 e. The van der Waals surface area contributed by atoms with E-state index in [0.717, 1.165) is 22.8 Å². The summed E-state index contributed by atoms with van der Waals surface area (Å²) in [4.78, 5) is 15.8. The van der Waals surface area contributed by atoms with Crippen LogP contribution in [-0.4, -0.2) is 21.2 Å². The molecule has 0 unspecified atom stereocenters. The normalized spacial score (nSPS) is 11.4. The van der Waals surface area contributed by atoms with Crippen LogP contribution in [0.2, 0.25) is 4.34 Å². The second kappa shape index (κ2) is 6.60. The number of hydrogen-bond donors (Lipinski definition) is 0. The van der Waals surface area contributed by atoms with Crippen molar-refractivity contribution in [2.75, 3.05) is 6.54 Å². The standard InChI is InChI=1S/C16H16ClN3OS/c1-2-19(10-13-7-8-15(17)22-13)11-20-16(21)14-6-4-3-5-12(14)9-18-20/h3-9H,2,10-11H2,1H3. The minimum absolute atomic E-state index is 0.0549. The molecule has 0 spiro atoms. The van der Waals surface area contributed by atoms with Gasteiger partial charge in [-0.05, 0) is 24.7 Å². The SMILES string of the molecule is CCN(Cc1ccc(Cl)s1)Cn1ncc2ccccc2c1=O. The van der Waals surface area contributed by atoms with Gasteiger partial charge in [-0.15, -0.1) is 11.3 Å². The van der Waals surface area contributed by atoms with Gasteiger partial charge in [0.15, 0.2) is 0 Å². The third-order valence-electron chi connectivity index (χ3n) is 3.55. The second-order valence-electron chi connectivity index (χ2n) is 5.03. The molecule has 3 rings (SSSR count). The van der Waals surface area contributed by atoms with Gasteiger partial charge in [0.05, 0.1) is 22.6 Å². The van der Waals surface area contributed by atoms with Crippen molar-refractivity contribution < 1.29 is 0 Å². The van der Waals surface area contributed by atoms with Crippen molar-refractivity contribution in [2.24, 2.45) is 0 Å². The lowest BCUT2D eigenvalue weighted by molar-refractivity contribution is 0.206. The van der Waals surface area contributed by atoms with Crippen LogP contribution in [0.1, 0.15) is 11.8 Å². The van der Waals surface area contributed by atoms with E-state index in [2.05, 4.69) is 16.9 Å². The van der Waals surface area contributed by atoms with Crippen LogP contribution in [0.4, 0.5) is 0 Å². The van der Waals surface area contributed by atoms with E-state index < -0.39 is 0 Å². The zero-order chi connectivity index (χ0) is 15.5. The van der Waals surface area contributed by atoms with E-state index in [9.17, 15) is 4.79 Å². The molecule has 2 heterocycles. The van der Waals surface area contributed by atoms with Crippen molar-refractivity contribution in [3.63, 3.8) is 0 Å². The van der Waals surface area contributed by atoms with E-state index in [1.54, 1.807) is 17.5 Å². The molecule has 0 bridgehead atoms. The highest BCUT2D eigenvalue weighted by Crippen LogP contribution is 2.22. The summed E-state index contributed by atoms with van der Waals surface area (Å²) in [6, 6.07) is 11.4. The first-order chi connectivity index (χ1) is 10.7. The average molecular weight is 334 g/mol. The second-order valence-corrected chi connectivity index (χ2v) is 6.83. The molecule has 2 aromatic heterocycles. The number of nitrogens with zero attached hydrogens (tertiary/aromatic N) is 3. The molecule has 1 aromatic carbocycles. The molecule has 0 fully saturated rings. The number of rotatable bonds is 5. The van der Waals surface area contributed by atoms with Crippen LogP contribution in [0.15, 0.2) is 47.4 Å². The summed E-state index contributed by atoms with van der Waals surface area (Å²) in [6.07, 6.45) is 1.74. The monoisotopic (exact) mass is 333 g/mol. The zero-order valence-electron chi connectivity index (χ0n) is 12.2. The van der Waals surface area contributed by atoms with Crippen LogP contribution in [0.3, 0.4) is 0 Å². The van der Waals surface area contributed by atoms with Crippen molar-refractivity contribution in [1.29, 1.82) is 0 Å². The molecule has 0 N–H and O–H groups in total. The molecule has 0 aliphatic heterocycles. The van der Waals surface area contributed by atoms with Crippen LogP contribution >= 0.6 is 22.9 Å². The van der Waals surface area contributed by atoms with Gasteiger partial charge in [-0.1, -0.05) is 36.7 Å². The van der Waals surface area contributed by atoms with Gasteiger partial charge in [-0.3, -0.25) is 9.69 Å². The van der Waals surface area contributed by atoms with Gasteiger partial charge in [0.2, 0.25) is 0 Å². The molecule has 0 radical (unpaired) electrons. The first kappa shape index (κ1) is 15.2. The number of hydrogen-bond acceptors (Lipinski definition) is 4. The van der Waals surface area contributed by atoms with Gasteiger partial charge < -0.3 is 0 Å². The third-order valence-corrected chi connectivity index (χ3v) is 4.77. The van der Waals surface area contributed by atoms with Crippen LogP contribution in [0.25, 0.3) is 10.8 Å². The molecule has 22 heavy (non-hydrogen) atoms. The van der Waals surface area contributed by atoms with Crippen molar-refractivity contribution in [1.82, 2.24) is 14.7 Å². The van der Waals surface area contributed by atoms with E-state index in [1.165, 1.54) is 9.56 Å². The van der Waals surface area contributed by atoms with Gasteiger partial charge in [0.25, 0.3) is 5.56 Å². The smallest absolute Gasteiger partial charge is 0.275 e. The largest absolute Gasteiger partial charge is 0.279 e. The first-order valence-corrected chi connectivity index (χ1v) is 8.28. The predicted molar refractivity (Wildman–Crippen MR) is 91.4 cm³/mol. The van der Waals surface area contributed by atoms with Gasteiger partial charge in [-0.2, -0.15) is 5.10 Å². The number of fused-ring (bicyclic) bond motifs is 1. The lowest BCUT2D eigenvalue weighted by Crippen LogP contribution is -2.33. The maximum atomic E-state index is 12.5. The van der Waals surface area contributed by atoms with E-state index in [1.807, 2.05) is 36.4 Å². The maximum absolute atomic E-state index is 12.5. The van der Waals surface area contributed by atoms with Crippen molar-refractivity contribution in [3.05, 3.63) is 62.2 Å². The average Bonchev–Trinajstić information content (AvgIpc) is 2.94. The molecule has 0 saturated heterocycles. The first-order valence-electron chi connectivity index (χ1n) is 7.09. The lowest BCUT2D eigenvalue weighted by Gasteiger charge is -2.20. The molecular weight excluding hydrogens is 318 g/mol. The lowest BCUT2D eigenvalue weighted by atomic mass is 10.2. The van der Waals surface area contributed by atoms with Crippen molar-refractivity contribution in [2.45, 2.75) is 20.1 Å². The van der Waals surface area contributed by atoms with Crippen molar-refractivity contribution >= 4 is 33.7 Å². The summed E-state index contributed by atoms with van der Waals surface area (Å²) >= 11 is 7.53. The molecule has 3 aromatic rings. The molecule has 0 aliphatic rings. The van der Waals surface area contributed by atoms with Crippen LogP contribution in [0, 0.1) is 0 Å².